The summed E-state index contributed by atoms with van der Waals surface area (Å²) in [6, 6.07) is 35.9. The Morgan fingerprint density at radius 1 is 0.907 bits per heavy atom. The van der Waals surface area contributed by atoms with Crippen LogP contribution in [0.5, 0.6) is 5.75 Å². The molecule has 1 N–H and O–H groups in total. The first-order valence-electron chi connectivity index (χ1n) is 13.9. The largest absolute Gasteiger partial charge is 0.497 e. The number of methoxy groups -OCH3 is 1. The van der Waals surface area contributed by atoms with Crippen molar-refractivity contribution in [3.63, 3.8) is 0 Å². The number of thiazole rings is 1. The van der Waals surface area contributed by atoms with Gasteiger partial charge >= 0.3 is 0 Å². The number of rotatable bonds is 13. The van der Waals surface area contributed by atoms with Crippen molar-refractivity contribution in [2.24, 2.45) is 0 Å². The van der Waals surface area contributed by atoms with Crippen LogP contribution >= 0.6 is 23.1 Å². The lowest BCUT2D eigenvalue weighted by molar-refractivity contribution is 0.0978. The molecule has 0 bridgehead atoms. The van der Waals surface area contributed by atoms with Gasteiger partial charge in [0.2, 0.25) is 0 Å². The van der Waals surface area contributed by atoms with Crippen LogP contribution < -0.4 is 9.46 Å². The molecule has 0 saturated carbocycles. The predicted octanol–water partition coefficient (Wildman–Crippen LogP) is 7.37. The lowest BCUT2D eigenvalue weighted by Gasteiger charge is -2.23. The zero-order chi connectivity index (χ0) is 30.0. The van der Waals surface area contributed by atoms with Crippen LogP contribution in [0, 0.1) is 6.92 Å². The third kappa shape index (κ3) is 8.64. The third-order valence-electron chi connectivity index (χ3n) is 6.72. The van der Waals surface area contributed by atoms with Gasteiger partial charge in [-0.3, -0.25) is 14.4 Å². The number of aryl methyl sites for hydroxylation is 1. The zero-order valence-corrected chi connectivity index (χ0v) is 26.5. The lowest BCUT2D eigenvalue weighted by Crippen LogP contribution is -2.27. The first-order valence-corrected chi connectivity index (χ1v) is 16.8. The van der Waals surface area contributed by atoms with Crippen molar-refractivity contribution >= 4 is 40.0 Å². The molecule has 0 aliphatic rings. The molecule has 0 aliphatic heterocycles. The second kappa shape index (κ2) is 15.1. The summed E-state index contributed by atoms with van der Waals surface area (Å²) in [6.45, 7) is 4.24. The minimum absolute atomic E-state index is 0.301. The van der Waals surface area contributed by atoms with Gasteiger partial charge in [0.15, 0.2) is 11.0 Å². The van der Waals surface area contributed by atoms with Crippen LogP contribution in [0.1, 0.15) is 26.5 Å². The number of thioether (sulfide) groups is 1. The maximum Gasteiger partial charge on any atom is 0.282 e. The van der Waals surface area contributed by atoms with Crippen molar-refractivity contribution in [1.29, 1.82) is 0 Å². The van der Waals surface area contributed by atoms with Crippen molar-refractivity contribution in [3.8, 4) is 16.3 Å². The SMILES string of the molecule is COc1cccc(CN(CCSc2ccccc2)Cc2ccc(S(=O)NC(=O)c3nc(-c4ccccc4)sc3C)cc2)c1. The molecule has 0 saturated heterocycles. The summed E-state index contributed by atoms with van der Waals surface area (Å²) in [5, 5.41) is 0.763. The van der Waals surface area contributed by atoms with Gasteiger partial charge in [0.25, 0.3) is 5.91 Å². The number of aromatic nitrogens is 1. The van der Waals surface area contributed by atoms with E-state index < -0.39 is 16.9 Å². The molecule has 1 heterocycles. The zero-order valence-electron chi connectivity index (χ0n) is 24.1. The molecule has 1 amide bonds. The number of carbonyl (C=O) groups excluding carboxylic acids is 1. The fourth-order valence-electron chi connectivity index (χ4n) is 4.53. The summed E-state index contributed by atoms with van der Waals surface area (Å²) in [5.74, 6) is 1.34. The van der Waals surface area contributed by atoms with Crippen LogP contribution in [0.2, 0.25) is 0 Å². The molecule has 6 nitrogen and oxygen atoms in total. The highest BCUT2D eigenvalue weighted by molar-refractivity contribution is 7.99. The standard InChI is InChI=1S/C34H33N3O3S3/c1-25-32(35-34(42-25)28-11-5-3-6-12-28)33(38)36-43(39)31-18-16-26(17-19-31)23-37(20-21-41-30-14-7-4-8-15-30)24-27-10-9-13-29(22-27)40-2/h3-19,22H,20-21,23-24H2,1-2H3,(H,36,38). The van der Waals surface area contributed by atoms with E-state index in [1.165, 1.54) is 21.8 Å². The molecule has 0 spiro atoms. The van der Waals surface area contributed by atoms with Crippen LogP contribution in [-0.4, -0.2) is 39.4 Å². The van der Waals surface area contributed by atoms with Crippen molar-refractivity contribution in [2.45, 2.75) is 29.8 Å². The first-order chi connectivity index (χ1) is 21.0. The number of ether oxygens (including phenoxy) is 1. The number of hydrogen-bond acceptors (Lipinski definition) is 7. The Morgan fingerprint density at radius 2 is 1.60 bits per heavy atom. The van der Waals surface area contributed by atoms with E-state index in [1.807, 2.05) is 91.5 Å². The average molecular weight is 628 g/mol. The Hall–Kier alpha value is -3.76. The molecule has 0 fully saturated rings. The number of nitrogens with zero attached hydrogens (tertiary/aromatic N) is 2. The summed E-state index contributed by atoms with van der Waals surface area (Å²) in [5.41, 5.74) is 3.53. The second-order valence-electron chi connectivity index (χ2n) is 9.86. The van der Waals surface area contributed by atoms with Crippen LogP contribution in [-0.2, 0) is 24.1 Å². The molecule has 9 heteroatoms. The van der Waals surface area contributed by atoms with E-state index in [2.05, 4.69) is 51.0 Å². The monoisotopic (exact) mass is 627 g/mol. The van der Waals surface area contributed by atoms with Crippen LogP contribution in [0.3, 0.4) is 0 Å². The van der Waals surface area contributed by atoms with Gasteiger partial charge in [-0.05, 0) is 54.4 Å². The highest BCUT2D eigenvalue weighted by Gasteiger charge is 2.19. The Balaban J connectivity index is 1.22. The van der Waals surface area contributed by atoms with Gasteiger partial charge in [-0.25, -0.2) is 9.19 Å². The van der Waals surface area contributed by atoms with Gasteiger partial charge in [0.1, 0.15) is 16.5 Å². The average Bonchev–Trinajstić information content (AvgIpc) is 3.44. The normalized spacial score (nSPS) is 11.8. The molecule has 5 rings (SSSR count). The quantitative estimate of drug-likeness (QED) is 0.138. The Labute approximate surface area is 263 Å². The topological polar surface area (TPSA) is 71.5 Å². The van der Waals surface area contributed by atoms with E-state index in [-0.39, 0.29) is 0 Å². The lowest BCUT2D eigenvalue weighted by atomic mass is 10.1. The highest BCUT2D eigenvalue weighted by Crippen LogP contribution is 2.27. The molecule has 1 aromatic heterocycles. The van der Waals surface area contributed by atoms with E-state index in [0.717, 1.165) is 52.1 Å². The van der Waals surface area contributed by atoms with Crippen LogP contribution in [0.25, 0.3) is 10.6 Å². The van der Waals surface area contributed by atoms with Crippen molar-refractivity contribution in [3.05, 3.63) is 131 Å². The van der Waals surface area contributed by atoms with Gasteiger partial charge in [-0.1, -0.05) is 72.8 Å². The fraction of sp³-hybridized carbons (Fsp3) is 0.176. The van der Waals surface area contributed by atoms with Gasteiger partial charge in [-0.15, -0.1) is 23.1 Å². The summed E-state index contributed by atoms with van der Waals surface area (Å²) in [7, 11) is -0.0236. The van der Waals surface area contributed by atoms with Crippen molar-refractivity contribution in [2.75, 3.05) is 19.4 Å². The van der Waals surface area contributed by atoms with Gasteiger partial charge in [0.05, 0.1) is 12.0 Å². The molecule has 220 valence electrons. The first kappa shape index (κ1) is 30.7. The summed E-state index contributed by atoms with van der Waals surface area (Å²) in [6.07, 6.45) is 0. The van der Waals surface area contributed by atoms with E-state index >= 15 is 0 Å². The Bertz CT molecular complexity index is 1660. The van der Waals surface area contributed by atoms with Crippen molar-refractivity contribution in [1.82, 2.24) is 14.6 Å². The fourth-order valence-corrected chi connectivity index (χ4v) is 7.15. The van der Waals surface area contributed by atoms with E-state index in [0.29, 0.717) is 10.6 Å². The van der Waals surface area contributed by atoms with Gasteiger partial charge in [-0.2, -0.15) is 0 Å². The van der Waals surface area contributed by atoms with Crippen LogP contribution in [0.15, 0.2) is 119 Å². The summed E-state index contributed by atoms with van der Waals surface area (Å²) in [4.78, 5) is 22.4. The molecule has 1 unspecified atom stereocenters. The molecule has 43 heavy (non-hydrogen) atoms. The van der Waals surface area contributed by atoms with Crippen molar-refractivity contribution < 1.29 is 13.7 Å². The molecular formula is C34H33N3O3S3. The molecule has 4 aromatic carbocycles. The second-order valence-corrected chi connectivity index (χ2v) is 13.4. The number of nitrogens with one attached hydrogen (secondary N) is 1. The molecule has 0 aliphatic carbocycles. The Morgan fingerprint density at radius 3 is 2.33 bits per heavy atom. The summed E-state index contributed by atoms with van der Waals surface area (Å²) >= 11 is 3.29. The number of carbonyl (C=O) groups is 1. The smallest absolute Gasteiger partial charge is 0.282 e. The maximum absolute atomic E-state index is 13.1. The predicted molar refractivity (Wildman–Crippen MR) is 177 cm³/mol. The summed E-state index contributed by atoms with van der Waals surface area (Å²) < 4.78 is 21.1. The third-order valence-corrected chi connectivity index (χ3v) is 9.80. The molecule has 5 aromatic rings. The number of hydrogen-bond donors (Lipinski definition) is 1. The molecular weight excluding hydrogens is 595 g/mol. The van der Waals surface area contributed by atoms with Crippen LogP contribution in [0.4, 0.5) is 0 Å². The molecule has 0 radical (unpaired) electrons. The highest BCUT2D eigenvalue weighted by atomic mass is 32.2. The van der Waals surface area contributed by atoms with E-state index in [1.54, 1.807) is 7.11 Å². The minimum Gasteiger partial charge on any atom is -0.497 e. The minimum atomic E-state index is -1.71. The van der Waals surface area contributed by atoms with Gasteiger partial charge in [0, 0.05) is 40.7 Å². The maximum atomic E-state index is 13.1. The Kier molecular flexibility index (Phi) is 10.8. The van der Waals surface area contributed by atoms with E-state index in [9.17, 15) is 9.00 Å². The number of benzene rings is 4. The van der Waals surface area contributed by atoms with Gasteiger partial charge < -0.3 is 4.74 Å². The number of amides is 1. The van der Waals surface area contributed by atoms with E-state index in [4.69, 9.17) is 4.74 Å². The molecule has 1 atom stereocenters.